The molecule has 0 spiro atoms. The fraction of sp³-hybridized carbons (Fsp3) is 0.833. The summed E-state index contributed by atoms with van der Waals surface area (Å²) >= 11 is 0. The zero-order chi connectivity index (χ0) is 15.4. The Morgan fingerprint density at radius 1 is 1.29 bits per heavy atom. The van der Waals surface area contributed by atoms with Gasteiger partial charge < -0.3 is 5.32 Å². The molecule has 1 saturated carbocycles. The molecule has 3 nitrogen and oxygen atoms in total. The maximum atomic E-state index is 4.88. The van der Waals surface area contributed by atoms with E-state index in [4.69, 9.17) is 5.10 Å². The number of aryl methyl sites for hydroxylation is 1. The van der Waals surface area contributed by atoms with E-state index < -0.39 is 0 Å². The molecular weight excluding hydrogens is 258 g/mol. The Balaban J connectivity index is 2.07. The van der Waals surface area contributed by atoms with Gasteiger partial charge >= 0.3 is 0 Å². The molecule has 1 aliphatic carbocycles. The fourth-order valence-electron chi connectivity index (χ4n) is 3.65. The van der Waals surface area contributed by atoms with Gasteiger partial charge in [0, 0.05) is 17.8 Å². The Morgan fingerprint density at radius 3 is 2.71 bits per heavy atom. The Hall–Kier alpha value is -0.830. The second kappa shape index (κ2) is 7.44. The highest BCUT2D eigenvalue weighted by atomic mass is 15.3. The predicted octanol–water partition coefficient (Wildman–Crippen LogP) is 4.39. The quantitative estimate of drug-likeness (QED) is 0.842. The number of hydrogen-bond donors (Lipinski definition) is 1. The normalized spacial score (nSPS) is 23.0. The standard InChI is InChI=1S/C18H33N3/c1-6-16-8-7-9-17(10-16)21-15(5)18(14(4)20-21)12-19-11-13(2)3/h13,16-17,19H,6-12H2,1-5H3. The molecule has 1 N–H and O–H groups in total. The van der Waals surface area contributed by atoms with Crippen LogP contribution >= 0.6 is 0 Å². The lowest BCUT2D eigenvalue weighted by atomic mass is 9.84. The highest BCUT2D eigenvalue weighted by Crippen LogP contribution is 2.35. The molecule has 0 amide bonds. The first-order chi connectivity index (χ1) is 10.0. The van der Waals surface area contributed by atoms with Crippen molar-refractivity contribution in [3.63, 3.8) is 0 Å². The number of hydrogen-bond acceptors (Lipinski definition) is 2. The molecule has 1 heterocycles. The van der Waals surface area contributed by atoms with Crippen molar-refractivity contribution in [1.82, 2.24) is 15.1 Å². The number of nitrogens with zero attached hydrogens (tertiary/aromatic N) is 2. The highest BCUT2D eigenvalue weighted by Gasteiger charge is 2.25. The number of nitrogens with one attached hydrogen (secondary N) is 1. The third-order valence-corrected chi connectivity index (χ3v) is 5.01. The van der Waals surface area contributed by atoms with E-state index in [0.29, 0.717) is 12.0 Å². The van der Waals surface area contributed by atoms with Gasteiger partial charge in [0.05, 0.1) is 11.7 Å². The molecule has 0 aromatic carbocycles. The second-order valence-electron chi connectivity index (χ2n) is 7.21. The SMILES string of the molecule is CCC1CCCC(n2nc(C)c(CNCC(C)C)c2C)C1. The molecule has 2 unspecified atom stereocenters. The van der Waals surface area contributed by atoms with Crippen LogP contribution in [0.25, 0.3) is 0 Å². The first kappa shape index (κ1) is 16.5. The molecular formula is C18H33N3. The van der Waals surface area contributed by atoms with E-state index in [0.717, 1.165) is 19.0 Å². The first-order valence-electron chi connectivity index (χ1n) is 8.78. The summed E-state index contributed by atoms with van der Waals surface area (Å²) in [6, 6.07) is 0.626. The van der Waals surface area contributed by atoms with E-state index in [1.54, 1.807) is 0 Å². The van der Waals surface area contributed by atoms with E-state index in [9.17, 15) is 0 Å². The van der Waals surface area contributed by atoms with Crippen LogP contribution in [0.5, 0.6) is 0 Å². The largest absolute Gasteiger partial charge is 0.312 e. The topological polar surface area (TPSA) is 29.9 Å². The second-order valence-corrected chi connectivity index (χ2v) is 7.21. The average molecular weight is 291 g/mol. The molecule has 0 radical (unpaired) electrons. The van der Waals surface area contributed by atoms with Crippen molar-refractivity contribution in [3.05, 3.63) is 17.0 Å². The van der Waals surface area contributed by atoms with Crippen LogP contribution in [0, 0.1) is 25.7 Å². The maximum Gasteiger partial charge on any atom is 0.0641 e. The third kappa shape index (κ3) is 4.09. The smallest absolute Gasteiger partial charge is 0.0641 e. The first-order valence-corrected chi connectivity index (χ1v) is 8.78. The minimum Gasteiger partial charge on any atom is -0.312 e. The van der Waals surface area contributed by atoms with Crippen molar-refractivity contribution >= 4 is 0 Å². The minimum atomic E-state index is 0.626. The van der Waals surface area contributed by atoms with Crippen molar-refractivity contribution in [3.8, 4) is 0 Å². The van der Waals surface area contributed by atoms with Crippen LogP contribution in [0.15, 0.2) is 0 Å². The molecule has 2 atom stereocenters. The monoisotopic (exact) mass is 291 g/mol. The lowest BCUT2D eigenvalue weighted by Crippen LogP contribution is -2.22. The van der Waals surface area contributed by atoms with Crippen molar-refractivity contribution in [2.75, 3.05) is 6.54 Å². The maximum absolute atomic E-state index is 4.88. The average Bonchev–Trinajstić information content (AvgIpc) is 2.75. The van der Waals surface area contributed by atoms with Gasteiger partial charge in [0.15, 0.2) is 0 Å². The van der Waals surface area contributed by atoms with Crippen LogP contribution in [0.4, 0.5) is 0 Å². The Labute approximate surface area is 130 Å². The van der Waals surface area contributed by atoms with Gasteiger partial charge in [-0.25, -0.2) is 0 Å². The van der Waals surface area contributed by atoms with Crippen LogP contribution in [-0.2, 0) is 6.54 Å². The lowest BCUT2D eigenvalue weighted by molar-refractivity contribution is 0.244. The summed E-state index contributed by atoms with van der Waals surface area (Å²) in [5.41, 5.74) is 4.00. The molecule has 3 heteroatoms. The third-order valence-electron chi connectivity index (χ3n) is 5.01. The lowest BCUT2D eigenvalue weighted by Gasteiger charge is -2.29. The Morgan fingerprint density at radius 2 is 2.05 bits per heavy atom. The molecule has 1 aromatic heterocycles. The molecule has 1 fully saturated rings. The van der Waals surface area contributed by atoms with Gasteiger partial charge in [-0.3, -0.25) is 4.68 Å². The summed E-state index contributed by atoms with van der Waals surface area (Å²) in [5.74, 6) is 1.60. The minimum absolute atomic E-state index is 0.626. The van der Waals surface area contributed by atoms with E-state index in [2.05, 4.69) is 44.6 Å². The summed E-state index contributed by atoms with van der Waals surface area (Å²) in [5, 5.41) is 8.44. The van der Waals surface area contributed by atoms with Crippen LogP contribution in [0.3, 0.4) is 0 Å². The van der Waals surface area contributed by atoms with Gasteiger partial charge in [0.1, 0.15) is 0 Å². The fourth-order valence-corrected chi connectivity index (χ4v) is 3.65. The van der Waals surface area contributed by atoms with Gasteiger partial charge in [-0.1, -0.05) is 40.0 Å². The molecule has 0 bridgehead atoms. The van der Waals surface area contributed by atoms with E-state index in [1.807, 2.05) is 0 Å². The van der Waals surface area contributed by atoms with E-state index >= 15 is 0 Å². The van der Waals surface area contributed by atoms with E-state index in [1.165, 1.54) is 49.1 Å². The summed E-state index contributed by atoms with van der Waals surface area (Å²) in [4.78, 5) is 0. The van der Waals surface area contributed by atoms with Crippen molar-refractivity contribution in [1.29, 1.82) is 0 Å². The Bertz CT molecular complexity index is 448. The predicted molar refractivity (Wildman–Crippen MR) is 89.5 cm³/mol. The zero-order valence-electron chi connectivity index (χ0n) is 14.6. The van der Waals surface area contributed by atoms with Gasteiger partial charge in [-0.05, 0) is 45.1 Å². The van der Waals surface area contributed by atoms with E-state index in [-0.39, 0.29) is 0 Å². The van der Waals surface area contributed by atoms with Crippen LogP contribution in [-0.4, -0.2) is 16.3 Å². The zero-order valence-corrected chi connectivity index (χ0v) is 14.6. The van der Waals surface area contributed by atoms with Crippen molar-refractivity contribution < 1.29 is 0 Å². The van der Waals surface area contributed by atoms with Gasteiger partial charge in [0.2, 0.25) is 0 Å². The van der Waals surface area contributed by atoms with Crippen LogP contribution < -0.4 is 5.32 Å². The summed E-state index contributed by atoms with van der Waals surface area (Å²) in [6.07, 6.45) is 6.71. The molecule has 1 aromatic rings. The Kier molecular flexibility index (Phi) is 5.86. The van der Waals surface area contributed by atoms with Gasteiger partial charge in [-0.2, -0.15) is 5.10 Å². The van der Waals surface area contributed by atoms with Gasteiger partial charge in [-0.15, -0.1) is 0 Å². The number of rotatable bonds is 6. The molecule has 1 aliphatic rings. The highest BCUT2D eigenvalue weighted by molar-refractivity contribution is 5.25. The summed E-state index contributed by atoms with van der Waals surface area (Å²) < 4.78 is 2.34. The van der Waals surface area contributed by atoms with Crippen LogP contribution in [0.1, 0.15) is 75.9 Å². The van der Waals surface area contributed by atoms with Crippen molar-refractivity contribution in [2.45, 2.75) is 79.3 Å². The summed E-state index contributed by atoms with van der Waals surface area (Å²) in [7, 11) is 0. The molecule has 0 saturated heterocycles. The molecule has 2 rings (SSSR count). The molecule has 0 aliphatic heterocycles. The van der Waals surface area contributed by atoms with Gasteiger partial charge in [0.25, 0.3) is 0 Å². The summed E-state index contributed by atoms with van der Waals surface area (Å²) in [6.45, 7) is 13.3. The van der Waals surface area contributed by atoms with Crippen LogP contribution in [0.2, 0.25) is 0 Å². The van der Waals surface area contributed by atoms with Crippen molar-refractivity contribution in [2.24, 2.45) is 11.8 Å². The number of aromatic nitrogens is 2. The molecule has 21 heavy (non-hydrogen) atoms. The molecule has 120 valence electrons.